The first-order valence-corrected chi connectivity index (χ1v) is 12.3. The van der Waals surface area contributed by atoms with Crippen LogP contribution in [0.3, 0.4) is 0 Å². The molecule has 4 heterocycles. The first-order valence-electron chi connectivity index (χ1n) is 12.3. The molecule has 12 nitrogen and oxygen atoms in total. The minimum absolute atomic E-state index is 0.0937. The highest BCUT2D eigenvalue weighted by atomic mass is 16.4. The maximum Gasteiger partial charge on any atom is 0.408 e. The summed E-state index contributed by atoms with van der Waals surface area (Å²) in [7, 11) is 0. The van der Waals surface area contributed by atoms with Crippen LogP contribution in [0.1, 0.15) is 45.7 Å². The summed E-state index contributed by atoms with van der Waals surface area (Å²) in [6, 6.07) is 5.75. The van der Waals surface area contributed by atoms with Crippen molar-refractivity contribution >= 4 is 35.1 Å². The van der Waals surface area contributed by atoms with Gasteiger partial charge in [0, 0.05) is 49.7 Å². The van der Waals surface area contributed by atoms with Crippen molar-refractivity contribution in [1.29, 1.82) is 0 Å². The van der Waals surface area contributed by atoms with E-state index in [1.165, 1.54) is 4.90 Å². The molecule has 1 saturated carbocycles. The molecule has 3 aromatic rings. The summed E-state index contributed by atoms with van der Waals surface area (Å²) >= 11 is 0. The van der Waals surface area contributed by atoms with E-state index in [9.17, 15) is 14.7 Å². The van der Waals surface area contributed by atoms with Gasteiger partial charge in [0.05, 0.1) is 0 Å². The molecule has 5 rings (SSSR count). The van der Waals surface area contributed by atoms with Crippen molar-refractivity contribution in [3.63, 3.8) is 0 Å². The quantitative estimate of drug-likeness (QED) is 0.492. The summed E-state index contributed by atoms with van der Waals surface area (Å²) in [6.07, 6.45) is 2.79. The molecule has 3 aromatic heterocycles. The summed E-state index contributed by atoms with van der Waals surface area (Å²) < 4.78 is 1.78. The van der Waals surface area contributed by atoms with Crippen molar-refractivity contribution in [2.24, 2.45) is 0 Å². The van der Waals surface area contributed by atoms with Crippen LogP contribution < -0.4 is 10.2 Å². The van der Waals surface area contributed by atoms with Crippen molar-refractivity contribution in [1.82, 2.24) is 34.6 Å². The summed E-state index contributed by atoms with van der Waals surface area (Å²) in [6.45, 7) is 9.53. The zero-order valence-electron chi connectivity index (χ0n) is 21.2. The Morgan fingerprint density at radius 3 is 2.47 bits per heavy atom. The first kappa shape index (κ1) is 23.9. The van der Waals surface area contributed by atoms with E-state index >= 15 is 0 Å². The van der Waals surface area contributed by atoms with Crippen molar-refractivity contribution in [3.8, 4) is 0 Å². The number of aryl methyl sites for hydroxylation is 1. The fourth-order valence-corrected chi connectivity index (χ4v) is 5.31. The topological polar surface area (TPSA) is 135 Å². The maximum absolute atomic E-state index is 13.7. The fourth-order valence-electron chi connectivity index (χ4n) is 5.31. The van der Waals surface area contributed by atoms with E-state index in [1.807, 2.05) is 52.1 Å². The highest BCUT2D eigenvalue weighted by Crippen LogP contribution is 2.43. The van der Waals surface area contributed by atoms with Crippen LogP contribution in [0.4, 0.5) is 22.4 Å². The summed E-state index contributed by atoms with van der Waals surface area (Å²) in [4.78, 5) is 35.9. The lowest BCUT2D eigenvalue weighted by Gasteiger charge is -2.54. The van der Waals surface area contributed by atoms with Gasteiger partial charge in [-0.15, -0.1) is 5.10 Å². The molecule has 1 aliphatic heterocycles. The average Bonchev–Trinajstić information content (AvgIpc) is 3.43. The SMILES string of the molecule is Cc1cc(Nc2nc(N3CCN(C(=O)C4(N(C(=O)O)C(C)(C)C)CCC4)CC3)nn3cccc23)n[nH]1. The fraction of sp³-hybridized carbons (Fsp3) is 0.542. The minimum atomic E-state index is -1.05. The van der Waals surface area contributed by atoms with Crippen molar-refractivity contribution in [2.75, 3.05) is 36.4 Å². The van der Waals surface area contributed by atoms with Gasteiger partial charge >= 0.3 is 6.09 Å². The number of carbonyl (C=O) groups is 2. The normalized spacial score (nSPS) is 17.7. The lowest BCUT2D eigenvalue weighted by atomic mass is 9.72. The number of aromatic nitrogens is 5. The van der Waals surface area contributed by atoms with Gasteiger partial charge in [0.2, 0.25) is 11.9 Å². The number of hydrogen-bond donors (Lipinski definition) is 3. The monoisotopic (exact) mass is 495 g/mol. The van der Waals surface area contributed by atoms with Gasteiger partial charge in [0.25, 0.3) is 0 Å². The van der Waals surface area contributed by atoms with E-state index in [-0.39, 0.29) is 5.91 Å². The first-order chi connectivity index (χ1) is 17.1. The zero-order chi connectivity index (χ0) is 25.7. The third kappa shape index (κ3) is 4.10. The molecule has 3 N–H and O–H groups in total. The van der Waals surface area contributed by atoms with Crippen LogP contribution in [0.15, 0.2) is 24.4 Å². The highest BCUT2D eigenvalue weighted by molar-refractivity contribution is 5.91. The number of aromatic amines is 1. The highest BCUT2D eigenvalue weighted by Gasteiger charge is 2.56. The molecule has 192 valence electrons. The minimum Gasteiger partial charge on any atom is -0.465 e. The molecule has 2 aliphatic rings. The van der Waals surface area contributed by atoms with Crippen LogP contribution >= 0.6 is 0 Å². The largest absolute Gasteiger partial charge is 0.465 e. The number of hydrogen-bond acceptors (Lipinski definition) is 7. The summed E-state index contributed by atoms with van der Waals surface area (Å²) in [5, 5.41) is 25.1. The second-order valence-corrected chi connectivity index (χ2v) is 10.6. The third-order valence-corrected chi connectivity index (χ3v) is 7.05. The van der Waals surface area contributed by atoms with Crippen LogP contribution in [0.5, 0.6) is 0 Å². The second kappa shape index (κ2) is 8.68. The molecule has 2 amide bonds. The van der Waals surface area contributed by atoms with E-state index in [0.717, 1.165) is 17.6 Å². The van der Waals surface area contributed by atoms with Gasteiger partial charge in [-0.25, -0.2) is 9.31 Å². The average molecular weight is 496 g/mol. The molecule has 0 atom stereocenters. The lowest BCUT2D eigenvalue weighted by molar-refractivity contribution is -0.154. The van der Waals surface area contributed by atoms with Crippen LogP contribution in [-0.4, -0.2) is 89.0 Å². The van der Waals surface area contributed by atoms with Crippen LogP contribution in [-0.2, 0) is 4.79 Å². The molecule has 1 aliphatic carbocycles. The number of anilines is 3. The predicted molar refractivity (Wildman–Crippen MR) is 135 cm³/mol. The van der Waals surface area contributed by atoms with Crippen molar-refractivity contribution in [2.45, 2.75) is 58.0 Å². The van der Waals surface area contributed by atoms with Gasteiger partial charge in [0.15, 0.2) is 11.6 Å². The number of amides is 2. The molecule has 2 fully saturated rings. The molecule has 0 spiro atoms. The maximum atomic E-state index is 13.7. The number of rotatable bonds is 5. The third-order valence-electron chi connectivity index (χ3n) is 7.05. The number of piperazine rings is 1. The summed E-state index contributed by atoms with van der Waals surface area (Å²) in [5.41, 5.74) is 0.123. The number of nitrogens with one attached hydrogen (secondary N) is 2. The smallest absolute Gasteiger partial charge is 0.408 e. The lowest BCUT2D eigenvalue weighted by Crippen LogP contribution is -2.70. The van der Waals surface area contributed by atoms with Crippen LogP contribution in [0, 0.1) is 6.92 Å². The standard InChI is InChI=1S/C24H33N9O3/c1-16-15-18(28-27-16)25-19-17-7-5-10-32(17)29-21(26-19)31-13-11-30(12-14-31)20(34)24(8-6-9-24)33(22(35)36)23(2,3)4/h5,7,10,15H,6,8-9,11-14H2,1-4H3,(H,35,36)(H2,25,26,27,28,29). The Morgan fingerprint density at radius 2 is 1.92 bits per heavy atom. The van der Waals surface area contributed by atoms with Crippen molar-refractivity contribution < 1.29 is 14.7 Å². The number of nitrogens with zero attached hydrogens (tertiary/aromatic N) is 7. The Balaban J connectivity index is 1.33. The Morgan fingerprint density at radius 1 is 1.19 bits per heavy atom. The van der Waals surface area contributed by atoms with Gasteiger partial charge in [-0.2, -0.15) is 10.1 Å². The molecule has 1 saturated heterocycles. The van der Waals surface area contributed by atoms with Gasteiger partial charge < -0.3 is 20.2 Å². The molecular weight excluding hydrogens is 462 g/mol. The molecule has 0 bridgehead atoms. The molecular formula is C24H33N9O3. The Hall–Kier alpha value is -3.83. The van der Waals surface area contributed by atoms with E-state index in [1.54, 1.807) is 9.42 Å². The van der Waals surface area contributed by atoms with E-state index in [4.69, 9.17) is 4.98 Å². The number of fused-ring (bicyclic) bond motifs is 1. The summed E-state index contributed by atoms with van der Waals surface area (Å²) in [5.74, 6) is 1.78. The molecule has 12 heteroatoms. The molecule has 0 radical (unpaired) electrons. The Bertz CT molecular complexity index is 1280. The van der Waals surface area contributed by atoms with Crippen LogP contribution in [0.2, 0.25) is 0 Å². The Labute approximate surface area is 209 Å². The predicted octanol–water partition coefficient (Wildman–Crippen LogP) is 2.85. The van der Waals surface area contributed by atoms with Crippen molar-refractivity contribution in [3.05, 3.63) is 30.1 Å². The van der Waals surface area contributed by atoms with E-state index < -0.39 is 17.2 Å². The van der Waals surface area contributed by atoms with Crippen LogP contribution in [0.25, 0.3) is 5.52 Å². The number of H-pyrrole nitrogens is 1. The number of carboxylic acid groups (broad SMARTS) is 1. The van der Waals surface area contributed by atoms with Gasteiger partial charge in [0.1, 0.15) is 11.1 Å². The van der Waals surface area contributed by atoms with E-state index in [2.05, 4.69) is 25.5 Å². The second-order valence-electron chi connectivity index (χ2n) is 10.6. The number of carbonyl (C=O) groups excluding carboxylic acids is 1. The van der Waals surface area contributed by atoms with Gasteiger partial charge in [-0.1, -0.05) is 0 Å². The zero-order valence-corrected chi connectivity index (χ0v) is 21.2. The van der Waals surface area contributed by atoms with E-state index in [0.29, 0.717) is 56.6 Å². The van der Waals surface area contributed by atoms with Gasteiger partial charge in [-0.3, -0.25) is 14.8 Å². The van der Waals surface area contributed by atoms with Gasteiger partial charge in [-0.05, 0) is 59.1 Å². The molecule has 0 unspecified atom stereocenters. The Kier molecular flexibility index (Phi) is 5.76. The molecule has 36 heavy (non-hydrogen) atoms. The molecule has 0 aromatic carbocycles.